The van der Waals surface area contributed by atoms with E-state index in [2.05, 4.69) is 5.32 Å². The largest absolute Gasteiger partial charge is 0.455 e. The Bertz CT molecular complexity index is 852. The number of nitrogens with zero attached hydrogens (tertiary/aromatic N) is 1. The second kappa shape index (κ2) is 7.25. The van der Waals surface area contributed by atoms with Gasteiger partial charge >= 0.3 is 0 Å². The van der Waals surface area contributed by atoms with Crippen molar-refractivity contribution in [3.63, 3.8) is 0 Å². The van der Waals surface area contributed by atoms with E-state index >= 15 is 0 Å². The van der Waals surface area contributed by atoms with Gasteiger partial charge in [-0.2, -0.15) is 4.31 Å². The minimum atomic E-state index is -3.41. The molecule has 2 aromatic carbocycles. The van der Waals surface area contributed by atoms with Crippen LogP contribution in [-0.2, 0) is 14.8 Å². The lowest BCUT2D eigenvalue weighted by Gasteiger charge is -2.22. The van der Waals surface area contributed by atoms with Gasteiger partial charge in [-0.3, -0.25) is 4.79 Å². The van der Waals surface area contributed by atoms with Gasteiger partial charge in [-0.1, -0.05) is 30.3 Å². The lowest BCUT2D eigenvalue weighted by atomic mass is 10.2. The number of amides is 1. The quantitative estimate of drug-likeness (QED) is 0.890. The van der Waals surface area contributed by atoms with Crippen LogP contribution in [0.25, 0.3) is 0 Å². The topological polar surface area (TPSA) is 75.7 Å². The van der Waals surface area contributed by atoms with E-state index in [-0.39, 0.29) is 5.91 Å². The van der Waals surface area contributed by atoms with Crippen LogP contribution in [0.4, 0.5) is 5.69 Å². The highest BCUT2D eigenvalue weighted by molar-refractivity contribution is 7.88. The third kappa shape index (κ3) is 4.18. The number of carbonyl (C=O) groups is 1. The maximum absolute atomic E-state index is 12.6. The molecule has 0 aromatic heterocycles. The molecule has 0 saturated carbocycles. The van der Waals surface area contributed by atoms with E-state index in [0.29, 0.717) is 36.6 Å². The molecule has 2 aromatic rings. The third-order valence-electron chi connectivity index (χ3n) is 4.05. The summed E-state index contributed by atoms with van der Waals surface area (Å²) in [5.74, 6) is 0.820. The standard InChI is InChI=1S/C18H20N2O4S/c1-25(22,23)20-13-7-11-16(20)18(21)19-15-10-5-6-12-17(15)24-14-8-3-2-4-9-14/h2-6,8-10,12,16H,7,11,13H2,1H3,(H,19,21). The SMILES string of the molecule is CS(=O)(=O)N1CCCC1C(=O)Nc1ccccc1Oc1ccccc1. The summed E-state index contributed by atoms with van der Waals surface area (Å²) in [6.07, 6.45) is 2.32. The molecule has 1 atom stereocenters. The van der Waals surface area contributed by atoms with Gasteiger partial charge in [0.2, 0.25) is 15.9 Å². The van der Waals surface area contributed by atoms with Gasteiger partial charge in [-0.05, 0) is 37.1 Å². The van der Waals surface area contributed by atoms with Gasteiger partial charge in [-0.25, -0.2) is 8.42 Å². The number of carbonyl (C=O) groups excluding carboxylic acids is 1. The molecule has 1 heterocycles. The first-order chi connectivity index (χ1) is 11.9. The van der Waals surface area contributed by atoms with Crippen molar-refractivity contribution in [1.82, 2.24) is 4.31 Å². The highest BCUT2D eigenvalue weighted by Crippen LogP contribution is 2.30. The van der Waals surface area contributed by atoms with Crippen molar-refractivity contribution in [3.05, 3.63) is 54.6 Å². The van der Waals surface area contributed by atoms with Crippen LogP contribution in [0, 0.1) is 0 Å². The van der Waals surface area contributed by atoms with E-state index in [1.807, 2.05) is 36.4 Å². The molecule has 132 valence electrons. The third-order valence-corrected chi connectivity index (χ3v) is 5.34. The number of sulfonamides is 1. The van der Waals surface area contributed by atoms with Gasteiger partial charge in [0.05, 0.1) is 11.9 Å². The second-order valence-corrected chi connectivity index (χ2v) is 7.87. The summed E-state index contributed by atoms with van der Waals surface area (Å²) >= 11 is 0. The van der Waals surface area contributed by atoms with Crippen molar-refractivity contribution < 1.29 is 17.9 Å². The second-order valence-electron chi connectivity index (χ2n) is 5.93. The van der Waals surface area contributed by atoms with Gasteiger partial charge in [-0.15, -0.1) is 0 Å². The van der Waals surface area contributed by atoms with Crippen molar-refractivity contribution in [2.24, 2.45) is 0 Å². The summed E-state index contributed by atoms with van der Waals surface area (Å²) in [6.45, 7) is 0.374. The Morgan fingerprint density at radius 2 is 1.80 bits per heavy atom. The number of hydrogen-bond donors (Lipinski definition) is 1. The minimum absolute atomic E-state index is 0.341. The molecule has 25 heavy (non-hydrogen) atoms. The highest BCUT2D eigenvalue weighted by atomic mass is 32.2. The van der Waals surface area contributed by atoms with Crippen LogP contribution < -0.4 is 10.1 Å². The fourth-order valence-electron chi connectivity index (χ4n) is 2.89. The molecule has 6 nitrogen and oxygen atoms in total. The summed E-state index contributed by atoms with van der Waals surface area (Å²) in [5, 5.41) is 2.80. The molecule has 1 aliphatic heterocycles. The van der Waals surface area contributed by atoms with Crippen LogP contribution in [0.5, 0.6) is 11.5 Å². The van der Waals surface area contributed by atoms with Crippen LogP contribution in [0.1, 0.15) is 12.8 Å². The molecule has 7 heteroatoms. The molecule has 1 aliphatic rings. The number of rotatable bonds is 5. The molecule has 0 aliphatic carbocycles. The van der Waals surface area contributed by atoms with Crippen molar-refractivity contribution in [2.75, 3.05) is 18.1 Å². The number of ether oxygens (including phenoxy) is 1. The van der Waals surface area contributed by atoms with Crippen molar-refractivity contribution in [1.29, 1.82) is 0 Å². The molecule has 0 radical (unpaired) electrons. The van der Waals surface area contributed by atoms with Crippen LogP contribution >= 0.6 is 0 Å². The first-order valence-electron chi connectivity index (χ1n) is 8.05. The Labute approximate surface area is 147 Å². The molecule has 3 rings (SSSR count). The van der Waals surface area contributed by atoms with Gasteiger partial charge in [0.1, 0.15) is 11.8 Å². The Morgan fingerprint density at radius 3 is 2.52 bits per heavy atom. The number of anilines is 1. The van der Waals surface area contributed by atoms with Crippen molar-refractivity contribution >= 4 is 21.6 Å². The van der Waals surface area contributed by atoms with E-state index in [4.69, 9.17) is 4.74 Å². The fourth-order valence-corrected chi connectivity index (χ4v) is 4.01. The minimum Gasteiger partial charge on any atom is -0.455 e. The summed E-state index contributed by atoms with van der Waals surface area (Å²) in [4.78, 5) is 12.6. The van der Waals surface area contributed by atoms with Crippen molar-refractivity contribution in [2.45, 2.75) is 18.9 Å². The monoisotopic (exact) mass is 360 g/mol. The lowest BCUT2D eigenvalue weighted by molar-refractivity contribution is -0.119. The zero-order valence-corrected chi connectivity index (χ0v) is 14.7. The maximum Gasteiger partial charge on any atom is 0.242 e. The predicted octanol–water partition coefficient (Wildman–Crippen LogP) is 2.84. The Morgan fingerprint density at radius 1 is 1.12 bits per heavy atom. The summed E-state index contributed by atoms with van der Waals surface area (Å²) in [6, 6.07) is 15.7. The Hall–Kier alpha value is -2.38. The average Bonchev–Trinajstić information content (AvgIpc) is 3.08. The van der Waals surface area contributed by atoms with E-state index in [9.17, 15) is 13.2 Å². The first-order valence-corrected chi connectivity index (χ1v) is 9.89. The molecule has 0 spiro atoms. The smallest absolute Gasteiger partial charge is 0.242 e. The number of para-hydroxylation sites is 3. The molecule has 1 amide bonds. The maximum atomic E-state index is 12.6. The molecule has 1 unspecified atom stereocenters. The van der Waals surface area contributed by atoms with Crippen LogP contribution in [-0.4, -0.2) is 37.5 Å². The normalized spacial score (nSPS) is 18.0. The van der Waals surface area contributed by atoms with Crippen LogP contribution in [0.15, 0.2) is 54.6 Å². The van der Waals surface area contributed by atoms with E-state index in [0.717, 1.165) is 6.26 Å². The molecule has 1 fully saturated rings. The summed E-state index contributed by atoms with van der Waals surface area (Å²) < 4.78 is 30.7. The van der Waals surface area contributed by atoms with Crippen molar-refractivity contribution in [3.8, 4) is 11.5 Å². The van der Waals surface area contributed by atoms with Crippen LogP contribution in [0.2, 0.25) is 0 Å². The van der Waals surface area contributed by atoms with Gasteiger partial charge in [0.15, 0.2) is 5.75 Å². The zero-order chi connectivity index (χ0) is 17.9. The van der Waals surface area contributed by atoms with E-state index in [1.54, 1.807) is 18.2 Å². The van der Waals surface area contributed by atoms with Gasteiger partial charge < -0.3 is 10.1 Å². The number of hydrogen-bond acceptors (Lipinski definition) is 4. The Balaban J connectivity index is 1.78. The number of benzene rings is 2. The molecular formula is C18H20N2O4S. The van der Waals surface area contributed by atoms with Gasteiger partial charge in [0.25, 0.3) is 0 Å². The number of nitrogens with one attached hydrogen (secondary N) is 1. The first kappa shape index (κ1) is 17.4. The lowest BCUT2D eigenvalue weighted by Crippen LogP contribution is -2.42. The molecule has 1 N–H and O–H groups in total. The van der Waals surface area contributed by atoms with Crippen LogP contribution in [0.3, 0.4) is 0 Å². The average molecular weight is 360 g/mol. The summed E-state index contributed by atoms with van der Waals surface area (Å²) in [5.41, 5.74) is 0.511. The molecule has 1 saturated heterocycles. The summed E-state index contributed by atoms with van der Waals surface area (Å²) in [7, 11) is -3.41. The Kier molecular flexibility index (Phi) is 5.06. The predicted molar refractivity (Wildman–Crippen MR) is 96.2 cm³/mol. The van der Waals surface area contributed by atoms with E-state index in [1.165, 1.54) is 4.31 Å². The fraction of sp³-hybridized carbons (Fsp3) is 0.278. The van der Waals surface area contributed by atoms with Gasteiger partial charge in [0, 0.05) is 6.54 Å². The highest BCUT2D eigenvalue weighted by Gasteiger charge is 2.36. The molecule has 0 bridgehead atoms. The zero-order valence-electron chi connectivity index (χ0n) is 13.9. The van der Waals surface area contributed by atoms with E-state index < -0.39 is 16.1 Å². The molecular weight excluding hydrogens is 340 g/mol.